The second-order valence-electron chi connectivity index (χ2n) is 11.2. The van der Waals surface area contributed by atoms with Crippen LogP contribution in [0, 0.1) is 6.57 Å². The van der Waals surface area contributed by atoms with Gasteiger partial charge in [-0.25, -0.2) is 9.83 Å². The normalized spacial score (nSPS) is 11.5. The SMILES string of the molecule is [C-]#[N+]c1ccccc1-c1ccc2oc3cc(-c4nc(-c5ccccc5)nc(-n5c6ccccc6c6ccccc65)n4)ccc3c2c1. The zero-order valence-electron chi connectivity index (χ0n) is 24.4. The van der Waals surface area contributed by atoms with Crippen LogP contribution in [0.15, 0.2) is 144 Å². The first-order valence-electron chi connectivity index (χ1n) is 15.0. The van der Waals surface area contributed by atoms with Crippen LogP contribution in [-0.4, -0.2) is 19.5 Å². The summed E-state index contributed by atoms with van der Waals surface area (Å²) in [7, 11) is 0. The highest BCUT2D eigenvalue weighted by Crippen LogP contribution is 2.37. The molecule has 0 aliphatic rings. The maximum Gasteiger partial charge on any atom is 0.238 e. The molecule has 0 N–H and O–H groups in total. The number of aromatic nitrogens is 4. The Kier molecular flexibility index (Phi) is 5.77. The van der Waals surface area contributed by atoms with E-state index in [-0.39, 0.29) is 0 Å². The first-order chi connectivity index (χ1) is 22.7. The van der Waals surface area contributed by atoms with Crippen molar-refractivity contribution in [3.05, 3.63) is 151 Å². The molecule has 6 aromatic carbocycles. The third-order valence-electron chi connectivity index (χ3n) is 8.50. The highest BCUT2D eigenvalue weighted by Gasteiger charge is 2.18. The predicted octanol–water partition coefficient (Wildman–Crippen LogP) is 10.4. The molecule has 6 nitrogen and oxygen atoms in total. The molecule has 0 amide bonds. The molecule has 214 valence electrons. The number of furan rings is 1. The van der Waals surface area contributed by atoms with Crippen molar-refractivity contribution >= 4 is 49.4 Å². The third kappa shape index (κ3) is 4.07. The van der Waals surface area contributed by atoms with Gasteiger partial charge in [0.15, 0.2) is 17.3 Å². The third-order valence-corrected chi connectivity index (χ3v) is 8.50. The van der Waals surface area contributed by atoms with Crippen LogP contribution in [0.1, 0.15) is 0 Å². The molecular formula is C40H23N5O. The Labute approximate surface area is 263 Å². The van der Waals surface area contributed by atoms with Crippen LogP contribution >= 0.6 is 0 Å². The van der Waals surface area contributed by atoms with E-state index >= 15 is 0 Å². The summed E-state index contributed by atoms with van der Waals surface area (Å²) in [5.74, 6) is 1.70. The van der Waals surface area contributed by atoms with Gasteiger partial charge in [0, 0.05) is 32.7 Å². The fourth-order valence-electron chi connectivity index (χ4n) is 6.35. The molecule has 0 aliphatic carbocycles. The summed E-state index contributed by atoms with van der Waals surface area (Å²) in [6, 6.07) is 46.5. The lowest BCUT2D eigenvalue weighted by Gasteiger charge is -2.10. The van der Waals surface area contributed by atoms with Gasteiger partial charge in [0.25, 0.3) is 0 Å². The molecule has 46 heavy (non-hydrogen) atoms. The molecule has 0 saturated carbocycles. The lowest BCUT2D eigenvalue weighted by Crippen LogP contribution is -2.06. The topological polar surface area (TPSA) is 61.1 Å². The predicted molar refractivity (Wildman–Crippen MR) is 184 cm³/mol. The summed E-state index contributed by atoms with van der Waals surface area (Å²) in [6.45, 7) is 7.60. The van der Waals surface area contributed by atoms with E-state index < -0.39 is 0 Å². The van der Waals surface area contributed by atoms with Crippen molar-refractivity contribution in [2.75, 3.05) is 0 Å². The molecule has 9 rings (SSSR count). The van der Waals surface area contributed by atoms with Crippen LogP contribution in [-0.2, 0) is 0 Å². The molecule has 0 spiro atoms. The molecule has 9 aromatic rings. The van der Waals surface area contributed by atoms with Crippen molar-refractivity contribution < 1.29 is 4.42 Å². The number of para-hydroxylation sites is 3. The first kappa shape index (κ1) is 25.9. The fourth-order valence-corrected chi connectivity index (χ4v) is 6.35. The summed E-state index contributed by atoms with van der Waals surface area (Å²) >= 11 is 0. The van der Waals surface area contributed by atoms with Crippen molar-refractivity contribution in [2.45, 2.75) is 0 Å². The molecule has 0 unspecified atom stereocenters. The van der Waals surface area contributed by atoms with E-state index in [2.05, 4.69) is 57.9 Å². The van der Waals surface area contributed by atoms with Crippen LogP contribution in [0.4, 0.5) is 5.69 Å². The fraction of sp³-hybridized carbons (Fsp3) is 0. The maximum atomic E-state index is 7.60. The van der Waals surface area contributed by atoms with Crippen LogP contribution in [0.25, 0.3) is 88.4 Å². The Morgan fingerprint density at radius 3 is 1.91 bits per heavy atom. The number of nitrogens with zero attached hydrogens (tertiary/aromatic N) is 5. The number of fused-ring (bicyclic) bond motifs is 6. The largest absolute Gasteiger partial charge is 0.456 e. The van der Waals surface area contributed by atoms with E-state index in [1.54, 1.807) is 0 Å². The summed E-state index contributed by atoms with van der Waals surface area (Å²) in [5.41, 5.74) is 7.82. The number of benzene rings is 6. The summed E-state index contributed by atoms with van der Waals surface area (Å²) in [4.78, 5) is 18.8. The smallest absolute Gasteiger partial charge is 0.238 e. The summed E-state index contributed by atoms with van der Waals surface area (Å²) < 4.78 is 8.47. The molecule has 0 aliphatic heterocycles. The Morgan fingerprint density at radius 2 is 1.15 bits per heavy atom. The van der Waals surface area contributed by atoms with Gasteiger partial charge < -0.3 is 4.42 Å². The molecule has 0 radical (unpaired) electrons. The Bertz CT molecular complexity index is 2610. The average molecular weight is 590 g/mol. The number of rotatable bonds is 4. The maximum absolute atomic E-state index is 7.60. The van der Waals surface area contributed by atoms with E-state index in [9.17, 15) is 0 Å². The average Bonchev–Trinajstić information content (AvgIpc) is 3.66. The van der Waals surface area contributed by atoms with Crippen molar-refractivity contribution in [3.63, 3.8) is 0 Å². The molecule has 6 heteroatoms. The van der Waals surface area contributed by atoms with Gasteiger partial charge in [0.1, 0.15) is 11.2 Å². The molecule has 0 fully saturated rings. The van der Waals surface area contributed by atoms with Crippen molar-refractivity contribution in [1.29, 1.82) is 0 Å². The Hall–Kier alpha value is -6.58. The lowest BCUT2D eigenvalue weighted by molar-refractivity contribution is 0.669. The van der Waals surface area contributed by atoms with Gasteiger partial charge in [-0.2, -0.15) is 9.97 Å². The minimum Gasteiger partial charge on any atom is -0.456 e. The molecule has 3 aromatic heterocycles. The van der Waals surface area contributed by atoms with Gasteiger partial charge in [0.05, 0.1) is 17.6 Å². The molecule has 3 heterocycles. The zero-order valence-corrected chi connectivity index (χ0v) is 24.4. The van der Waals surface area contributed by atoms with Crippen LogP contribution in [0.5, 0.6) is 0 Å². The van der Waals surface area contributed by atoms with E-state index in [4.69, 9.17) is 25.9 Å². The van der Waals surface area contributed by atoms with Gasteiger partial charge in [-0.15, -0.1) is 0 Å². The van der Waals surface area contributed by atoms with Crippen LogP contribution < -0.4 is 0 Å². The monoisotopic (exact) mass is 589 g/mol. The van der Waals surface area contributed by atoms with E-state index in [1.807, 2.05) is 91.0 Å². The number of hydrogen-bond donors (Lipinski definition) is 0. The Balaban J connectivity index is 1.24. The minimum absolute atomic E-state index is 0.550. The van der Waals surface area contributed by atoms with E-state index in [1.165, 1.54) is 0 Å². The molecule has 0 saturated heterocycles. The summed E-state index contributed by atoms with van der Waals surface area (Å²) in [6.07, 6.45) is 0. The van der Waals surface area contributed by atoms with Crippen LogP contribution in [0.2, 0.25) is 0 Å². The zero-order chi connectivity index (χ0) is 30.6. The van der Waals surface area contributed by atoms with E-state index in [0.29, 0.717) is 23.3 Å². The molecule has 0 atom stereocenters. The van der Waals surface area contributed by atoms with Crippen molar-refractivity contribution in [2.24, 2.45) is 0 Å². The lowest BCUT2D eigenvalue weighted by atomic mass is 10.0. The summed E-state index contributed by atoms with van der Waals surface area (Å²) in [5, 5.41) is 4.26. The quantitative estimate of drug-likeness (QED) is 0.192. The first-order valence-corrected chi connectivity index (χ1v) is 15.0. The second kappa shape index (κ2) is 10.3. The highest BCUT2D eigenvalue weighted by atomic mass is 16.3. The van der Waals surface area contributed by atoms with Gasteiger partial charge >= 0.3 is 0 Å². The second-order valence-corrected chi connectivity index (χ2v) is 11.2. The standard InChI is InChI=1S/C40H23N5O/c1-41-33-16-8-5-13-28(33)26-20-22-36-32(23-26)31-21-19-27(24-37(31)46-36)39-42-38(25-11-3-2-4-12-25)43-40(44-39)45-34-17-9-6-14-29(34)30-15-7-10-18-35(30)45/h2-24H. The van der Waals surface area contributed by atoms with Gasteiger partial charge in [-0.3, -0.25) is 4.57 Å². The van der Waals surface area contributed by atoms with Crippen LogP contribution in [0.3, 0.4) is 0 Å². The molecule has 0 bridgehead atoms. The van der Waals surface area contributed by atoms with Gasteiger partial charge in [0.2, 0.25) is 5.95 Å². The highest BCUT2D eigenvalue weighted by molar-refractivity contribution is 6.09. The Morgan fingerprint density at radius 1 is 0.500 bits per heavy atom. The van der Waals surface area contributed by atoms with Gasteiger partial charge in [-0.1, -0.05) is 103 Å². The van der Waals surface area contributed by atoms with Crippen molar-refractivity contribution in [1.82, 2.24) is 19.5 Å². The minimum atomic E-state index is 0.550. The van der Waals surface area contributed by atoms with E-state index in [0.717, 1.165) is 66.0 Å². The van der Waals surface area contributed by atoms with Gasteiger partial charge in [-0.05, 0) is 47.5 Å². The molecular weight excluding hydrogens is 566 g/mol. The van der Waals surface area contributed by atoms with Crippen molar-refractivity contribution in [3.8, 4) is 39.9 Å². The number of hydrogen-bond acceptors (Lipinski definition) is 4.